The van der Waals surface area contributed by atoms with Crippen LogP contribution < -0.4 is 4.57 Å². The Hall–Kier alpha value is -1.42. The van der Waals surface area contributed by atoms with Gasteiger partial charge in [-0.05, 0) is 32.5 Å². The second-order valence-electron chi connectivity index (χ2n) is 5.01. The maximum absolute atomic E-state index is 10.5. The summed E-state index contributed by atoms with van der Waals surface area (Å²) in [6, 6.07) is 4.75. The monoisotopic (exact) mass is 249 g/mol. The number of carbonyl (C=O) groups is 1. The molecule has 0 unspecified atom stereocenters. The third-order valence-electron chi connectivity index (χ3n) is 3.59. The maximum Gasteiger partial charge on any atom is 0.303 e. The highest BCUT2D eigenvalue weighted by molar-refractivity contribution is 5.66. The lowest BCUT2D eigenvalue weighted by Crippen LogP contribution is -2.34. The Morgan fingerprint density at radius 2 is 2.44 bits per heavy atom. The molecule has 1 N–H and O–H groups in total. The second kappa shape index (κ2) is 5.96. The molecule has 4 nitrogen and oxygen atoms in total. The molecule has 98 valence electrons. The van der Waals surface area contributed by atoms with Gasteiger partial charge in [0.1, 0.15) is 6.54 Å². The number of aliphatic carboxylic acids is 1. The number of aromatic nitrogens is 1. The molecule has 4 heteroatoms. The van der Waals surface area contributed by atoms with Crippen molar-refractivity contribution >= 4 is 5.97 Å². The molecular formula is C14H21N2O2+. The maximum atomic E-state index is 10.5. The molecule has 0 radical (unpaired) electrons. The zero-order valence-electron chi connectivity index (χ0n) is 10.9. The van der Waals surface area contributed by atoms with Crippen molar-refractivity contribution in [3.8, 4) is 0 Å². The highest BCUT2D eigenvalue weighted by atomic mass is 16.4. The molecule has 0 aliphatic carbocycles. The van der Waals surface area contributed by atoms with Gasteiger partial charge in [-0.15, -0.1) is 0 Å². The summed E-state index contributed by atoms with van der Waals surface area (Å²) < 4.78 is 2.10. The van der Waals surface area contributed by atoms with Crippen molar-refractivity contribution in [2.75, 3.05) is 13.6 Å². The van der Waals surface area contributed by atoms with Gasteiger partial charge in [-0.25, -0.2) is 4.57 Å². The average Bonchev–Trinajstić information content (AvgIpc) is 2.75. The summed E-state index contributed by atoms with van der Waals surface area (Å²) in [5.41, 5.74) is 1.34. The number of nitrogens with zero attached hydrogens (tertiary/aromatic N) is 2. The minimum atomic E-state index is -0.720. The van der Waals surface area contributed by atoms with Crippen molar-refractivity contribution in [2.24, 2.45) is 0 Å². The first kappa shape index (κ1) is 13.0. The summed E-state index contributed by atoms with van der Waals surface area (Å²) in [7, 11) is 2.17. The first-order chi connectivity index (χ1) is 8.66. The van der Waals surface area contributed by atoms with Crippen molar-refractivity contribution < 1.29 is 14.5 Å². The van der Waals surface area contributed by atoms with Crippen molar-refractivity contribution in [3.63, 3.8) is 0 Å². The van der Waals surface area contributed by atoms with E-state index >= 15 is 0 Å². The molecular weight excluding hydrogens is 228 g/mol. The number of aryl methyl sites for hydroxylation is 1. The number of carboxylic acid groups (broad SMARTS) is 1. The zero-order chi connectivity index (χ0) is 13.0. The van der Waals surface area contributed by atoms with Crippen molar-refractivity contribution in [1.82, 2.24) is 4.90 Å². The Morgan fingerprint density at radius 1 is 1.61 bits per heavy atom. The van der Waals surface area contributed by atoms with Gasteiger partial charge < -0.3 is 5.11 Å². The quantitative estimate of drug-likeness (QED) is 0.806. The Balaban J connectivity index is 1.98. The predicted octanol–water partition coefficient (Wildman–Crippen LogP) is 1.61. The predicted molar refractivity (Wildman–Crippen MR) is 68.1 cm³/mol. The highest BCUT2D eigenvalue weighted by Gasteiger charge is 2.24. The van der Waals surface area contributed by atoms with Crippen molar-refractivity contribution in [3.05, 3.63) is 30.1 Å². The number of hydrogen-bond donors (Lipinski definition) is 1. The smallest absolute Gasteiger partial charge is 0.303 e. The average molecular weight is 249 g/mol. The van der Waals surface area contributed by atoms with Crippen molar-refractivity contribution in [1.29, 1.82) is 0 Å². The largest absolute Gasteiger partial charge is 0.481 e. The minimum absolute atomic E-state index is 0.237. The van der Waals surface area contributed by atoms with E-state index < -0.39 is 5.97 Å². The third kappa shape index (κ3) is 3.29. The van der Waals surface area contributed by atoms with Crippen LogP contribution in [-0.4, -0.2) is 29.6 Å². The van der Waals surface area contributed by atoms with Gasteiger partial charge in [0.25, 0.3) is 0 Å². The standard InChI is InChI=1S/C14H20N2O2/c1-15-8-3-6-13(15)12-5-2-9-16(11-12)10-4-7-14(17)18/h2,5,9,11,13H,3-4,6-8,10H2,1H3/p+1/t13-/m1/s1. The molecule has 0 bridgehead atoms. The highest BCUT2D eigenvalue weighted by Crippen LogP contribution is 2.29. The van der Waals surface area contributed by atoms with Crippen LogP contribution in [0.2, 0.25) is 0 Å². The molecule has 0 saturated carbocycles. The number of pyridine rings is 1. The lowest BCUT2D eigenvalue weighted by Gasteiger charge is -2.18. The molecule has 18 heavy (non-hydrogen) atoms. The molecule has 2 rings (SSSR count). The van der Waals surface area contributed by atoms with Crippen molar-refractivity contribution in [2.45, 2.75) is 38.3 Å². The van der Waals surface area contributed by atoms with Crippen LogP contribution in [0.15, 0.2) is 24.5 Å². The zero-order valence-corrected chi connectivity index (χ0v) is 10.9. The molecule has 1 saturated heterocycles. The van der Waals surface area contributed by atoms with E-state index in [9.17, 15) is 4.79 Å². The van der Waals surface area contributed by atoms with E-state index in [4.69, 9.17) is 5.11 Å². The Morgan fingerprint density at radius 3 is 3.11 bits per heavy atom. The fraction of sp³-hybridized carbons (Fsp3) is 0.571. The molecule has 1 atom stereocenters. The summed E-state index contributed by atoms with van der Waals surface area (Å²) in [5.74, 6) is -0.720. The molecule has 0 aromatic carbocycles. The number of likely N-dealkylation sites (tertiary alicyclic amines) is 1. The van der Waals surface area contributed by atoms with Gasteiger partial charge in [0, 0.05) is 24.1 Å². The molecule has 1 aromatic heterocycles. The summed E-state index contributed by atoms with van der Waals surface area (Å²) in [5, 5.41) is 8.64. The van der Waals surface area contributed by atoms with E-state index in [-0.39, 0.29) is 6.42 Å². The summed E-state index contributed by atoms with van der Waals surface area (Å²) in [6.45, 7) is 1.94. The van der Waals surface area contributed by atoms with Gasteiger partial charge in [0.15, 0.2) is 12.4 Å². The van der Waals surface area contributed by atoms with Crippen LogP contribution >= 0.6 is 0 Å². The molecule has 1 fully saturated rings. The first-order valence-electron chi connectivity index (χ1n) is 6.58. The first-order valence-corrected chi connectivity index (χ1v) is 6.58. The fourth-order valence-electron chi connectivity index (χ4n) is 2.62. The molecule has 1 aliphatic heterocycles. The molecule has 1 aromatic rings. The van der Waals surface area contributed by atoms with E-state index in [1.807, 2.05) is 6.20 Å². The van der Waals surface area contributed by atoms with E-state index in [1.165, 1.54) is 24.9 Å². The van der Waals surface area contributed by atoms with Gasteiger partial charge in [0.05, 0.1) is 6.42 Å². The van der Waals surface area contributed by atoms with Crippen LogP contribution in [0, 0.1) is 0 Å². The lowest BCUT2D eigenvalue weighted by atomic mass is 10.1. The number of rotatable bonds is 5. The van der Waals surface area contributed by atoms with Crippen LogP contribution in [0.3, 0.4) is 0 Å². The molecule has 1 aliphatic rings. The summed E-state index contributed by atoms with van der Waals surface area (Å²) >= 11 is 0. The van der Waals surface area contributed by atoms with E-state index in [2.05, 4.69) is 34.8 Å². The second-order valence-corrected chi connectivity index (χ2v) is 5.01. The van der Waals surface area contributed by atoms with Gasteiger partial charge in [-0.2, -0.15) is 0 Å². The Kier molecular flexibility index (Phi) is 4.31. The lowest BCUT2D eigenvalue weighted by molar-refractivity contribution is -0.697. The van der Waals surface area contributed by atoms with E-state index in [0.717, 1.165) is 6.54 Å². The molecule has 0 spiro atoms. The number of hydrogen-bond acceptors (Lipinski definition) is 2. The SMILES string of the molecule is CN1CCC[C@@H]1c1ccc[n+](CCCC(=O)O)c1. The van der Waals surface area contributed by atoms with Crippen LogP contribution in [-0.2, 0) is 11.3 Å². The summed E-state index contributed by atoms with van der Waals surface area (Å²) in [4.78, 5) is 12.9. The van der Waals surface area contributed by atoms with E-state index in [0.29, 0.717) is 12.5 Å². The van der Waals surface area contributed by atoms with Gasteiger partial charge in [0.2, 0.25) is 0 Å². The summed E-state index contributed by atoms with van der Waals surface area (Å²) in [6.07, 6.45) is 7.57. The van der Waals surface area contributed by atoms with Gasteiger partial charge in [-0.1, -0.05) is 0 Å². The number of carboxylic acids is 1. The Labute approximate surface area is 108 Å². The van der Waals surface area contributed by atoms with Crippen LogP contribution in [0.25, 0.3) is 0 Å². The molecule has 0 amide bonds. The van der Waals surface area contributed by atoms with Crippen LogP contribution in [0.4, 0.5) is 0 Å². The minimum Gasteiger partial charge on any atom is -0.481 e. The fourth-order valence-corrected chi connectivity index (χ4v) is 2.62. The van der Waals surface area contributed by atoms with Gasteiger partial charge in [-0.3, -0.25) is 9.69 Å². The topological polar surface area (TPSA) is 44.4 Å². The normalized spacial score (nSPS) is 20.2. The van der Waals surface area contributed by atoms with Crippen LogP contribution in [0.1, 0.15) is 37.3 Å². The Bertz CT molecular complexity index is 420. The van der Waals surface area contributed by atoms with Gasteiger partial charge >= 0.3 is 5.97 Å². The third-order valence-corrected chi connectivity index (χ3v) is 3.59. The van der Waals surface area contributed by atoms with E-state index in [1.54, 1.807) is 0 Å². The van der Waals surface area contributed by atoms with Crippen LogP contribution in [0.5, 0.6) is 0 Å². The molecule has 2 heterocycles.